The smallest absolute Gasteiger partial charge is 0.244 e. The molecule has 0 saturated heterocycles. The molecule has 2 aromatic carbocycles. The third-order valence-corrected chi connectivity index (χ3v) is 3.16. The Kier molecular flexibility index (Phi) is 3.36. The Morgan fingerprint density at radius 1 is 1.19 bits per heavy atom. The van der Waals surface area contributed by atoms with Crippen molar-refractivity contribution in [3.8, 4) is 6.07 Å². The predicted molar refractivity (Wildman–Crippen MR) is 79.5 cm³/mol. The summed E-state index contributed by atoms with van der Waals surface area (Å²) in [7, 11) is 0. The molecule has 102 valence electrons. The first-order valence-electron chi connectivity index (χ1n) is 6.47. The van der Waals surface area contributed by atoms with Crippen molar-refractivity contribution in [1.82, 2.24) is 9.55 Å². The number of hydrogen-bond donors (Lipinski definition) is 1. The van der Waals surface area contributed by atoms with Crippen LogP contribution in [-0.4, -0.2) is 15.5 Å². The fourth-order valence-electron chi connectivity index (χ4n) is 2.17. The summed E-state index contributed by atoms with van der Waals surface area (Å²) in [6, 6.07) is 16.6. The van der Waals surface area contributed by atoms with Gasteiger partial charge in [-0.15, -0.1) is 0 Å². The summed E-state index contributed by atoms with van der Waals surface area (Å²) in [5, 5.41) is 11.8. The van der Waals surface area contributed by atoms with Gasteiger partial charge in [-0.3, -0.25) is 4.79 Å². The lowest BCUT2D eigenvalue weighted by Gasteiger charge is -2.08. The van der Waals surface area contributed by atoms with Gasteiger partial charge in [0.1, 0.15) is 12.6 Å². The highest BCUT2D eigenvalue weighted by Crippen LogP contribution is 2.15. The van der Waals surface area contributed by atoms with E-state index in [0.29, 0.717) is 11.3 Å². The van der Waals surface area contributed by atoms with Gasteiger partial charge in [0.15, 0.2) is 0 Å². The first-order chi connectivity index (χ1) is 10.3. The number of rotatable bonds is 3. The molecule has 0 saturated carbocycles. The second kappa shape index (κ2) is 5.47. The topological polar surface area (TPSA) is 70.7 Å². The van der Waals surface area contributed by atoms with Gasteiger partial charge in [0, 0.05) is 0 Å². The zero-order chi connectivity index (χ0) is 14.7. The monoisotopic (exact) mass is 276 g/mol. The molecule has 0 aliphatic carbocycles. The molecule has 0 atom stereocenters. The van der Waals surface area contributed by atoms with Crippen molar-refractivity contribution in [2.45, 2.75) is 6.54 Å². The van der Waals surface area contributed by atoms with Gasteiger partial charge in [0.2, 0.25) is 5.91 Å². The van der Waals surface area contributed by atoms with Crippen LogP contribution < -0.4 is 5.32 Å². The number of fused-ring (bicyclic) bond motifs is 1. The molecule has 3 aromatic rings. The van der Waals surface area contributed by atoms with Gasteiger partial charge in [0.25, 0.3) is 0 Å². The number of para-hydroxylation sites is 3. The van der Waals surface area contributed by atoms with E-state index in [1.165, 1.54) is 0 Å². The van der Waals surface area contributed by atoms with Gasteiger partial charge in [-0.1, -0.05) is 24.3 Å². The number of nitrogens with zero attached hydrogens (tertiary/aromatic N) is 3. The summed E-state index contributed by atoms with van der Waals surface area (Å²) in [6.45, 7) is 0.153. The number of nitriles is 1. The second-order valence-electron chi connectivity index (χ2n) is 4.57. The van der Waals surface area contributed by atoms with Crippen molar-refractivity contribution in [2.24, 2.45) is 0 Å². The van der Waals surface area contributed by atoms with Gasteiger partial charge < -0.3 is 9.88 Å². The van der Waals surface area contributed by atoms with Gasteiger partial charge in [-0.05, 0) is 24.3 Å². The van der Waals surface area contributed by atoms with Crippen LogP contribution in [0.1, 0.15) is 5.56 Å². The first-order valence-corrected chi connectivity index (χ1v) is 6.47. The minimum absolute atomic E-state index is 0.153. The zero-order valence-electron chi connectivity index (χ0n) is 11.2. The highest BCUT2D eigenvalue weighted by Gasteiger charge is 2.09. The molecule has 1 aromatic heterocycles. The number of amides is 1. The Bertz CT molecular complexity index is 845. The van der Waals surface area contributed by atoms with Crippen molar-refractivity contribution < 1.29 is 4.79 Å². The van der Waals surface area contributed by atoms with Crippen LogP contribution in [0, 0.1) is 11.3 Å². The standard InChI is InChI=1S/C16H12N4O/c17-9-12-5-1-2-6-13(12)19-16(21)10-20-11-18-14-7-3-4-8-15(14)20/h1-8,11H,10H2,(H,19,21). The van der Waals surface area contributed by atoms with Crippen molar-refractivity contribution in [1.29, 1.82) is 5.26 Å². The van der Waals surface area contributed by atoms with E-state index in [-0.39, 0.29) is 12.5 Å². The lowest BCUT2D eigenvalue weighted by Crippen LogP contribution is -2.18. The molecule has 0 aliphatic heterocycles. The van der Waals surface area contributed by atoms with Crippen LogP contribution in [-0.2, 0) is 11.3 Å². The summed E-state index contributed by atoms with van der Waals surface area (Å²) in [4.78, 5) is 16.4. The van der Waals surface area contributed by atoms with Crippen molar-refractivity contribution in [3.05, 3.63) is 60.4 Å². The number of carbonyl (C=O) groups excluding carboxylic acids is 1. The number of imidazole rings is 1. The number of anilines is 1. The predicted octanol–water partition coefficient (Wildman–Crippen LogP) is 2.55. The third-order valence-electron chi connectivity index (χ3n) is 3.16. The number of hydrogen-bond acceptors (Lipinski definition) is 3. The maximum Gasteiger partial charge on any atom is 0.244 e. The van der Waals surface area contributed by atoms with Crippen LogP contribution in [0.2, 0.25) is 0 Å². The summed E-state index contributed by atoms with van der Waals surface area (Å²) in [5.41, 5.74) is 2.72. The normalized spacial score (nSPS) is 10.2. The zero-order valence-corrected chi connectivity index (χ0v) is 11.2. The Morgan fingerprint density at radius 3 is 2.81 bits per heavy atom. The van der Waals surface area contributed by atoms with Crippen LogP contribution in [0.5, 0.6) is 0 Å². The van der Waals surface area contributed by atoms with Crippen molar-refractivity contribution in [2.75, 3.05) is 5.32 Å². The van der Waals surface area contributed by atoms with Crippen molar-refractivity contribution >= 4 is 22.6 Å². The molecule has 0 fully saturated rings. The van der Waals surface area contributed by atoms with E-state index in [1.54, 1.807) is 35.2 Å². The Morgan fingerprint density at radius 2 is 1.95 bits per heavy atom. The fourth-order valence-corrected chi connectivity index (χ4v) is 2.17. The third kappa shape index (κ3) is 2.60. The lowest BCUT2D eigenvalue weighted by atomic mass is 10.2. The van der Waals surface area contributed by atoms with E-state index in [1.807, 2.05) is 24.3 Å². The Hall–Kier alpha value is -3.13. The first kappa shape index (κ1) is 12.9. The molecular weight excluding hydrogens is 264 g/mol. The van der Waals surface area contributed by atoms with Crippen molar-refractivity contribution in [3.63, 3.8) is 0 Å². The summed E-state index contributed by atoms with van der Waals surface area (Å²) < 4.78 is 1.78. The van der Waals surface area contributed by atoms with Crippen LogP contribution in [0.4, 0.5) is 5.69 Å². The van der Waals surface area contributed by atoms with E-state index in [4.69, 9.17) is 5.26 Å². The molecule has 0 spiro atoms. The molecular formula is C16H12N4O. The molecule has 1 amide bonds. The molecule has 5 heteroatoms. The number of benzene rings is 2. The lowest BCUT2D eigenvalue weighted by molar-refractivity contribution is -0.116. The maximum absolute atomic E-state index is 12.1. The molecule has 1 heterocycles. The van der Waals surface area contributed by atoms with E-state index in [0.717, 1.165) is 11.0 Å². The minimum Gasteiger partial charge on any atom is -0.323 e. The average Bonchev–Trinajstić information content (AvgIpc) is 2.91. The number of aromatic nitrogens is 2. The molecule has 0 aliphatic rings. The second-order valence-corrected chi connectivity index (χ2v) is 4.57. The largest absolute Gasteiger partial charge is 0.323 e. The van der Waals surface area contributed by atoms with Gasteiger partial charge in [-0.25, -0.2) is 4.98 Å². The molecule has 3 rings (SSSR count). The van der Waals surface area contributed by atoms with Crippen LogP contribution in [0.25, 0.3) is 11.0 Å². The highest BCUT2D eigenvalue weighted by molar-refractivity contribution is 5.92. The van der Waals surface area contributed by atoms with Crippen LogP contribution in [0.3, 0.4) is 0 Å². The SMILES string of the molecule is N#Cc1ccccc1NC(=O)Cn1cnc2ccccc21. The van der Waals surface area contributed by atoms with Gasteiger partial charge >= 0.3 is 0 Å². The van der Waals surface area contributed by atoms with E-state index in [2.05, 4.69) is 16.4 Å². The van der Waals surface area contributed by atoms with Crippen LogP contribution in [0.15, 0.2) is 54.9 Å². The van der Waals surface area contributed by atoms with E-state index >= 15 is 0 Å². The van der Waals surface area contributed by atoms with Crippen LogP contribution >= 0.6 is 0 Å². The van der Waals surface area contributed by atoms with E-state index < -0.39 is 0 Å². The maximum atomic E-state index is 12.1. The molecule has 5 nitrogen and oxygen atoms in total. The quantitative estimate of drug-likeness (QED) is 0.799. The Labute approximate surface area is 121 Å². The fraction of sp³-hybridized carbons (Fsp3) is 0.0625. The number of carbonyl (C=O) groups is 1. The van der Waals surface area contributed by atoms with Gasteiger partial charge in [-0.2, -0.15) is 5.26 Å². The molecule has 1 N–H and O–H groups in total. The summed E-state index contributed by atoms with van der Waals surface area (Å²) in [5.74, 6) is -0.194. The summed E-state index contributed by atoms with van der Waals surface area (Å²) in [6.07, 6.45) is 1.64. The molecule has 0 radical (unpaired) electrons. The van der Waals surface area contributed by atoms with E-state index in [9.17, 15) is 4.79 Å². The average molecular weight is 276 g/mol. The summed E-state index contributed by atoms with van der Waals surface area (Å²) >= 11 is 0. The highest BCUT2D eigenvalue weighted by atomic mass is 16.1. The van der Waals surface area contributed by atoms with Gasteiger partial charge in [0.05, 0.1) is 28.6 Å². The molecule has 0 bridgehead atoms. The number of nitrogens with one attached hydrogen (secondary N) is 1. The Balaban J connectivity index is 1.79. The minimum atomic E-state index is -0.194. The molecule has 0 unspecified atom stereocenters. The molecule has 21 heavy (non-hydrogen) atoms.